The van der Waals surface area contributed by atoms with Crippen LogP contribution in [-0.2, 0) is 31.1 Å². The zero-order chi connectivity index (χ0) is 22.9. The van der Waals surface area contributed by atoms with E-state index in [4.69, 9.17) is 16.6 Å². The van der Waals surface area contributed by atoms with Gasteiger partial charge in [-0.2, -0.15) is 0 Å². The van der Waals surface area contributed by atoms with Crippen LogP contribution in [0.5, 0.6) is 0 Å². The molecule has 0 radical (unpaired) electrons. The highest BCUT2D eigenvalue weighted by Gasteiger charge is 2.33. The van der Waals surface area contributed by atoms with Gasteiger partial charge in [0.2, 0.25) is 5.91 Å². The van der Waals surface area contributed by atoms with E-state index >= 15 is 0 Å². The number of fused-ring (bicyclic) bond motifs is 2. The first-order valence-corrected chi connectivity index (χ1v) is 12.5. The van der Waals surface area contributed by atoms with Crippen molar-refractivity contribution in [1.29, 1.82) is 0 Å². The van der Waals surface area contributed by atoms with Crippen molar-refractivity contribution in [2.45, 2.75) is 25.3 Å². The fraction of sp³-hybridized carbons (Fsp3) is 0.346. The highest BCUT2D eigenvalue weighted by molar-refractivity contribution is 9.10. The first-order valence-electron chi connectivity index (χ1n) is 11.4. The summed E-state index contributed by atoms with van der Waals surface area (Å²) in [6.45, 7) is 3.09. The minimum atomic E-state index is 0.0780. The smallest absolute Gasteiger partial charge is 0.227 e. The second-order valence-electron chi connectivity index (χ2n) is 8.91. The number of amides is 1. The number of piperazine rings is 1. The van der Waals surface area contributed by atoms with Crippen LogP contribution < -0.4 is 4.57 Å². The lowest BCUT2D eigenvalue weighted by molar-refractivity contribution is -0.671. The molecule has 0 N–H and O–H groups in total. The predicted molar refractivity (Wildman–Crippen MR) is 132 cm³/mol. The number of nitrogens with zero attached hydrogens (tertiary/aromatic N) is 4. The average molecular weight is 527 g/mol. The van der Waals surface area contributed by atoms with E-state index < -0.39 is 0 Å². The van der Waals surface area contributed by atoms with Gasteiger partial charge < -0.3 is 4.90 Å². The second-order valence-corrected chi connectivity index (χ2v) is 10.3. The van der Waals surface area contributed by atoms with Crippen molar-refractivity contribution in [2.75, 3.05) is 26.2 Å². The molecule has 7 heteroatoms. The van der Waals surface area contributed by atoms with Crippen LogP contribution in [-0.4, -0.2) is 46.9 Å². The van der Waals surface area contributed by atoms with Gasteiger partial charge in [-0.15, -0.1) is 0 Å². The maximum absolute atomic E-state index is 12.9. The quantitative estimate of drug-likeness (QED) is 0.486. The Morgan fingerprint density at radius 1 is 1.09 bits per heavy atom. The normalized spacial score (nSPS) is 18.4. The third-order valence-electron chi connectivity index (χ3n) is 6.73. The van der Waals surface area contributed by atoms with E-state index in [2.05, 4.69) is 39.0 Å². The van der Waals surface area contributed by atoms with Gasteiger partial charge in [0.25, 0.3) is 0 Å². The lowest BCUT2D eigenvalue weighted by Crippen LogP contribution is -2.50. The Labute approximate surface area is 208 Å². The lowest BCUT2D eigenvalue weighted by Gasteiger charge is -2.40. The van der Waals surface area contributed by atoms with Crippen LogP contribution in [0.2, 0.25) is 5.02 Å². The number of rotatable bonds is 3. The highest BCUT2D eigenvalue weighted by Crippen LogP contribution is 2.38. The van der Waals surface area contributed by atoms with Gasteiger partial charge in [0.1, 0.15) is 7.05 Å². The maximum Gasteiger partial charge on any atom is 0.227 e. The predicted octanol–water partition coefficient (Wildman–Crippen LogP) is 3.90. The van der Waals surface area contributed by atoms with Gasteiger partial charge in [-0.05, 0) is 69.2 Å². The van der Waals surface area contributed by atoms with Crippen LogP contribution in [0.15, 0.2) is 59.5 Å². The Hall–Kier alpha value is -2.28. The van der Waals surface area contributed by atoms with E-state index in [0.29, 0.717) is 6.42 Å². The number of halogens is 2. The van der Waals surface area contributed by atoms with E-state index in [1.807, 2.05) is 53.3 Å². The summed E-state index contributed by atoms with van der Waals surface area (Å²) < 4.78 is 2.99. The van der Waals surface area contributed by atoms with Crippen LogP contribution >= 0.6 is 27.5 Å². The molecule has 170 valence electrons. The number of hydrogen-bond acceptors (Lipinski definition) is 3. The number of aryl methyl sites for hydroxylation is 3. The molecule has 1 atom stereocenters. The average Bonchev–Trinajstić information content (AvgIpc) is 2.97. The maximum atomic E-state index is 12.9. The third kappa shape index (κ3) is 4.84. The van der Waals surface area contributed by atoms with Crippen molar-refractivity contribution in [3.8, 4) is 0 Å². The van der Waals surface area contributed by atoms with Gasteiger partial charge in [0.05, 0.1) is 18.2 Å². The molecule has 3 heterocycles. The van der Waals surface area contributed by atoms with E-state index in [0.717, 1.165) is 59.8 Å². The summed E-state index contributed by atoms with van der Waals surface area (Å²) in [6.07, 6.45) is 8.21. The number of carbonyl (C=O) groups excluding carboxylic acids is 1. The summed E-state index contributed by atoms with van der Waals surface area (Å²) in [4.78, 5) is 22.3. The number of pyridine rings is 2. The Bertz CT molecular complexity index is 1120. The molecule has 1 aromatic carbocycles. The third-order valence-corrected chi connectivity index (χ3v) is 7.39. The fourth-order valence-corrected chi connectivity index (χ4v) is 5.52. The van der Waals surface area contributed by atoms with Gasteiger partial charge in [-0.3, -0.25) is 14.7 Å². The summed E-state index contributed by atoms with van der Waals surface area (Å²) in [6, 6.07) is 12.6. The molecule has 1 fully saturated rings. The number of aromatic nitrogens is 2. The van der Waals surface area contributed by atoms with Crippen LogP contribution in [0.1, 0.15) is 34.0 Å². The molecule has 0 spiro atoms. The Morgan fingerprint density at radius 2 is 1.82 bits per heavy atom. The van der Waals surface area contributed by atoms with Crippen molar-refractivity contribution in [3.63, 3.8) is 0 Å². The first-order chi connectivity index (χ1) is 16.0. The highest BCUT2D eigenvalue weighted by atomic mass is 79.9. The molecule has 1 saturated heterocycles. The van der Waals surface area contributed by atoms with Crippen LogP contribution in [0.3, 0.4) is 0 Å². The van der Waals surface area contributed by atoms with Crippen molar-refractivity contribution in [3.05, 3.63) is 92.4 Å². The number of benzene rings is 1. The molecule has 0 saturated carbocycles. The fourth-order valence-electron chi connectivity index (χ4n) is 4.95. The summed E-state index contributed by atoms with van der Waals surface area (Å²) in [5.74, 6) is 0.194. The topological polar surface area (TPSA) is 40.3 Å². The molecule has 33 heavy (non-hydrogen) atoms. The second kappa shape index (κ2) is 9.53. The van der Waals surface area contributed by atoms with Gasteiger partial charge in [-0.25, -0.2) is 4.57 Å². The molecule has 0 unspecified atom stereocenters. The van der Waals surface area contributed by atoms with Gasteiger partial charge in [0, 0.05) is 54.0 Å². The van der Waals surface area contributed by atoms with Crippen LogP contribution in [0, 0.1) is 0 Å². The summed E-state index contributed by atoms with van der Waals surface area (Å²) >= 11 is 9.94. The number of hydrogen-bond donors (Lipinski definition) is 0. The molecular formula is C26H27BrClN4O+. The van der Waals surface area contributed by atoms with Gasteiger partial charge >= 0.3 is 0 Å². The molecule has 0 bridgehead atoms. The van der Waals surface area contributed by atoms with Crippen molar-refractivity contribution >= 4 is 33.4 Å². The van der Waals surface area contributed by atoms with Gasteiger partial charge in [0.15, 0.2) is 12.4 Å². The zero-order valence-electron chi connectivity index (χ0n) is 18.7. The largest absolute Gasteiger partial charge is 0.340 e. The van der Waals surface area contributed by atoms with Crippen molar-refractivity contribution in [2.24, 2.45) is 7.05 Å². The number of carbonyl (C=O) groups is 1. The molecule has 1 amide bonds. The summed E-state index contributed by atoms with van der Waals surface area (Å²) in [5.41, 5.74) is 6.02. The Kier molecular flexibility index (Phi) is 6.50. The van der Waals surface area contributed by atoms with Gasteiger partial charge in [-0.1, -0.05) is 17.7 Å². The zero-order valence-corrected chi connectivity index (χ0v) is 21.0. The minimum absolute atomic E-state index is 0.0780. The summed E-state index contributed by atoms with van der Waals surface area (Å²) in [5, 5.41) is 0.775. The standard InChI is InChI=1S/C26H27BrClN4O/c1-30-8-6-18(7-9-30)14-24(33)31-10-12-32(13-11-31)26-23-5-4-22(28)16-19(23)2-3-20-15-21(27)17-29-25(20)26/h4-9,15-17,26H,2-3,10-14H2,1H3/q+1/t26-/m1/s1. The van der Waals surface area contributed by atoms with E-state index in [1.165, 1.54) is 16.7 Å². The molecular weight excluding hydrogens is 500 g/mol. The molecule has 2 aromatic heterocycles. The molecule has 2 aliphatic rings. The minimum Gasteiger partial charge on any atom is -0.340 e. The molecule has 5 nitrogen and oxygen atoms in total. The SMILES string of the molecule is C[n+]1ccc(CC(=O)N2CCN([C@@H]3c4ccc(Cl)cc4CCc4cc(Br)cnc43)CC2)cc1. The lowest BCUT2D eigenvalue weighted by atomic mass is 9.96. The van der Waals surface area contributed by atoms with E-state index in [9.17, 15) is 4.79 Å². The van der Waals surface area contributed by atoms with Crippen molar-refractivity contribution in [1.82, 2.24) is 14.8 Å². The van der Waals surface area contributed by atoms with E-state index in [-0.39, 0.29) is 11.9 Å². The molecule has 5 rings (SSSR count). The molecule has 3 aromatic rings. The van der Waals surface area contributed by atoms with Crippen LogP contribution in [0.25, 0.3) is 0 Å². The van der Waals surface area contributed by atoms with Crippen molar-refractivity contribution < 1.29 is 9.36 Å². The Morgan fingerprint density at radius 3 is 2.58 bits per heavy atom. The van der Waals surface area contributed by atoms with E-state index in [1.54, 1.807) is 0 Å². The van der Waals surface area contributed by atoms with Crippen LogP contribution in [0.4, 0.5) is 0 Å². The first kappa shape index (κ1) is 22.5. The monoisotopic (exact) mass is 525 g/mol. The summed E-state index contributed by atoms with van der Waals surface area (Å²) in [7, 11) is 1.98. The molecule has 1 aliphatic carbocycles. The Balaban J connectivity index is 1.36. The molecule has 1 aliphatic heterocycles.